The van der Waals surface area contributed by atoms with Crippen LogP contribution in [-0.4, -0.2) is 31.1 Å². The van der Waals surface area contributed by atoms with Gasteiger partial charge in [-0.2, -0.15) is 10.0 Å². The van der Waals surface area contributed by atoms with Crippen LogP contribution in [0.4, 0.5) is 5.69 Å². The van der Waals surface area contributed by atoms with Gasteiger partial charge < -0.3 is 20.1 Å². The fraction of sp³-hybridized carbons (Fsp3) is 0.143. The summed E-state index contributed by atoms with van der Waals surface area (Å²) in [6.45, 7) is 4.18. The zero-order valence-electron chi connectivity index (χ0n) is 21.3. The number of hydrogen-bond donors (Lipinski definition) is 2. The average Bonchev–Trinajstić information content (AvgIpc) is 3.44. The van der Waals surface area contributed by atoms with Gasteiger partial charge in [-0.3, -0.25) is 14.4 Å². The van der Waals surface area contributed by atoms with Crippen molar-refractivity contribution in [2.75, 3.05) is 5.32 Å². The molecule has 0 saturated carbocycles. The van der Waals surface area contributed by atoms with E-state index >= 15 is 0 Å². The second kappa shape index (κ2) is 9.75. The summed E-state index contributed by atoms with van der Waals surface area (Å²) in [6, 6.07) is 17.3. The lowest BCUT2D eigenvalue weighted by molar-refractivity contribution is 0.0995. The molecule has 0 radical (unpaired) electrons. The molecule has 3 heterocycles. The number of carbonyl (C=O) groups excluding carboxylic acids is 2. The Bertz CT molecular complexity index is 1870. The maximum Gasteiger partial charge on any atom is 0.291 e. The van der Waals surface area contributed by atoms with E-state index in [4.69, 9.17) is 10.3 Å². The first-order valence-corrected chi connectivity index (χ1v) is 12.0. The molecule has 194 valence electrons. The summed E-state index contributed by atoms with van der Waals surface area (Å²) in [5.41, 5.74) is 9.35. The number of nitriles is 1. The SMILES string of the molecule is CCn1c(-c2ccc(-c3c(C#N)on(C)c3=O)cc2)cc2nc(C)nc(C(=O)Nc3cccc(C(N)=O)c3)c21. The van der Waals surface area contributed by atoms with Crippen molar-refractivity contribution in [3.63, 3.8) is 0 Å². The number of fused-ring (bicyclic) bond motifs is 1. The first-order chi connectivity index (χ1) is 18.7. The van der Waals surface area contributed by atoms with Crippen molar-refractivity contribution in [3.05, 3.63) is 87.8 Å². The molecule has 0 aliphatic heterocycles. The summed E-state index contributed by atoms with van der Waals surface area (Å²) >= 11 is 0. The van der Waals surface area contributed by atoms with E-state index in [-0.39, 0.29) is 22.6 Å². The van der Waals surface area contributed by atoms with E-state index in [9.17, 15) is 19.6 Å². The summed E-state index contributed by atoms with van der Waals surface area (Å²) in [5.74, 6) is -0.685. The van der Waals surface area contributed by atoms with Gasteiger partial charge in [0.15, 0.2) is 5.69 Å². The van der Waals surface area contributed by atoms with Crippen molar-refractivity contribution >= 4 is 28.5 Å². The van der Waals surface area contributed by atoms with Crippen molar-refractivity contribution in [3.8, 4) is 28.5 Å². The number of carbonyl (C=O) groups is 2. The van der Waals surface area contributed by atoms with E-state index in [0.717, 1.165) is 16.0 Å². The normalized spacial score (nSPS) is 10.9. The van der Waals surface area contributed by atoms with Gasteiger partial charge in [-0.25, -0.2) is 9.97 Å². The minimum absolute atomic E-state index is 0.0549. The van der Waals surface area contributed by atoms with Gasteiger partial charge >= 0.3 is 0 Å². The van der Waals surface area contributed by atoms with E-state index in [1.165, 1.54) is 13.1 Å². The van der Waals surface area contributed by atoms with Crippen LogP contribution in [0.3, 0.4) is 0 Å². The molecule has 0 fully saturated rings. The van der Waals surface area contributed by atoms with Crippen LogP contribution in [0.25, 0.3) is 33.4 Å². The highest BCUT2D eigenvalue weighted by molar-refractivity contribution is 6.11. The monoisotopic (exact) mass is 521 g/mol. The molecule has 2 amide bonds. The van der Waals surface area contributed by atoms with Crippen molar-refractivity contribution in [1.82, 2.24) is 19.3 Å². The zero-order chi connectivity index (χ0) is 27.8. The van der Waals surface area contributed by atoms with Crippen molar-refractivity contribution < 1.29 is 14.1 Å². The van der Waals surface area contributed by atoms with Gasteiger partial charge in [0, 0.05) is 24.8 Å². The maximum absolute atomic E-state index is 13.4. The van der Waals surface area contributed by atoms with Crippen LogP contribution in [0.5, 0.6) is 0 Å². The molecule has 5 aromatic rings. The third kappa shape index (κ3) is 4.44. The summed E-state index contributed by atoms with van der Waals surface area (Å²) in [4.78, 5) is 46.4. The van der Waals surface area contributed by atoms with Crippen LogP contribution in [0.2, 0.25) is 0 Å². The Hall–Kier alpha value is -5.50. The minimum atomic E-state index is -0.598. The molecule has 39 heavy (non-hydrogen) atoms. The Morgan fingerprint density at radius 2 is 1.82 bits per heavy atom. The second-order valence-electron chi connectivity index (χ2n) is 8.81. The van der Waals surface area contributed by atoms with E-state index < -0.39 is 17.4 Å². The van der Waals surface area contributed by atoms with Gasteiger partial charge in [-0.15, -0.1) is 0 Å². The molecule has 5 rings (SSSR count). The van der Waals surface area contributed by atoms with Crippen molar-refractivity contribution in [2.24, 2.45) is 12.8 Å². The Balaban J connectivity index is 1.57. The molecule has 0 spiro atoms. The van der Waals surface area contributed by atoms with Gasteiger partial charge in [-0.1, -0.05) is 30.3 Å². The van der Waals surface area contributed by atoms with Crippen LogP contribution in [0, 0.1) is 18.3 Å². The van der Waals surface area contributed by atoms with Crippen LogP contribution in [0.1, 0.15) is 39.4 Å². The lowest BCUT2D eigenvalue weighted by Gasteiger charge is -2.12. The lowest BCUT2D eigenvalue weighted by Crippen LogP contribution is -2.18. The molecule has 0 unspecified atom stereocenters. The largest absolute Gasteiger partial charge is 0.366 e. The topological polar surface area (TPSA) is 162 Å². The summed E-state index contributed by atoms with van der Waals surface area (Å²) in [6.07, 6.45) is 0. The fourth-order valence-electron chi connectivity index (χ4n) is 4.57. The van der Waals surface area contributed by atoms with Crippen molar-refractivity contribution in [1.29, 1.82) is 5.26 Å². The summed E-state index contributed by atoms with van der Waals surface area (Å²) in [7, 11) is 1.45. The fourth-order valence-corrected chi connectivity index (χ4v) is 4.57. The third-order valence-electron chi connectivity index (χ3n) is 6.32. The van der Waals surface area contributed by atoms with Gasteiger partial charge in [0.05, 0.1) is 16.7 Å². The molecule has 11 nitrogen and oxygen atoms in total. The van der Waals surface area contributed by atoms with Gasteiger partial charge in [0.2, 0.25) is 11.7 Å². The first kappa shape index (κ1) is 25.2. The summed E-state index contributed by atoms with van der Waals surface area (Å²) in [5, 5.41) is 12.2. The lowest BCUT2D eigenvalue weighted by atomic mass is 10.0. The number of primary amides is 1. The molecular weight excluding hydrogens is 498 g/mol. The highest BCUT2D eigenvalue weighted by Gasteiger charge is 2.22. The summed E-state index contributed by atoms with van der Waals surface area (Å²) < 4.78 is 8.17. The van der Waals surface area contributed by atoms with Crippen LogP contribution in [0.15, 0.2) is 63.9 Å². The first-order valence-electron chi connectivity index (χ1n) is 12.0. The average molecular weight is 522 g/mol. The highest BCUT2D eigenvalue weighted by Crippen LogP contribution is 2.31. The van der Waals surface area contributed by atoms with Crippen molar-refractivity contribution in [2.45, 2.75) is 20.4 Å². The predicted molar refractivity (Wildman–Crippen MR) is 144 cm³/mol. The van der Waals surface area contributed by atoms with Crippen LogP contribution < -0.4 is 16.6 Å². The van der Waals surface area contributed by atoms with Gasteiger partial charge in [0.1, 0.15) is 17.5 Å². The molecule has 0 aliphatic carbocycles. The number of nitrogens with one attached hydrogen (secondary N) is 1. The van der Waals surface area contributed by atoms with Gasteiger partial charge in [0.25, 0.3) is 11.5 Å². The number of rotatable bonds is 6. The van der Waals surface area contributed by atoms with E-state index in [0.29, 0.717) is 34.7 Å². The Morgan fingerprint density at radius 1 is 1.10 bits per heavy atom. The molecule has 2 aromatic carbocycles. The number of amides is 2. The van der Waals surface area contributed by atoms with Crippen LogP contribution >= 0.6 is 0 Å². The van der Waals surface area contributed by atoms with Crippen LogP contribution in [-0.2, 0) is 13.6 Å². The number of nitrogens with zero attached hydrogens (tertiary/aromatic N) is 5. The number of anilines is 1. The Morgan fingerprint density at radius 3 is 2.49 bits per heavy atom. The minimum Gasteiger partial charge on any atom is -0.366 e. The van der Waals surface area contributed by atoms with E-state index in [2.05, 4.69) is 15.3 Å². The molecule has 0 saturated heterocycles. The molecule has 0 bridgehead atoms. The molecular formula is C28H23N7O4. The number of benzene rings is 2. The number of nitrogens with two attached hydrogens (primary N) is 1. The van der Waals surface area contributed by atoms with E-state index in [1.807, 2.05) is 35.8 Å². The molecule has 3 N–H and O–H groups in total. The standard InChI is InChI=1S/C28H23N7O4/c1-4-35-21(16-8-10-17(11-9-16)23-22(14-29)39-34(3)28(23)38)13-20-25(35)24(32-15(2)31-20)27(37)33-19-7-5-6-18(12-19)26(30)36/h5-13H,4H2,1-3H3,(H2,30,36)(H,33,37). The molecule has 3 aromatic heterocycles. The van der Waals surface area contributed by atoms with Gasteiger partial charge in [-0.05, 0) is 49.2 Å². The molecule has 0 aliphatic rings. The number of hydrogen-bond acceptors (Lipinski definition) is 7. The molecule has 0 atom stereocenters. The highest BCUT2D eigenvalue weighted by atomic mass is 16.5. The molecule has 11 heteroatoms. The smallest absolute Gasteiger partial charge is 0.291 e. The van der Waals surface area contributed by atoms with E-state index in [1.54, 1.807) is 37.3 Å². The third-order valence-corrected chi connectivity index (χ3v) is 6.32. The second-order valence-corrected chi connectivity index (χ2v) is 8.81. The zero-order valence-corrected chi connectivity index (χ0v) is 21.3. The predicted octanol–water partition coefficient (Wildman–Crippen LogP) is 3.61. The quantitative estimate of drug-likeness (QED) is 0.345. The Kier molecular flexibility index (Phi) is 6.29. The number of aromatic nitrogens is 4. The maximum atomic E-state index is 13.4. The number of aryl methyl sites for hydroxylation is 3. The Labute approximate surface area is 222 Å².